The summed E-state index contributed by atoms with van der Waals surface area (Å²) in [5.41, 5.74) is 1.06. The van der Waals surface area contributed by atoms with Crippen molar-refractivity contribution in [3.8, 4) is 5.75 Å². The van der Waals surface area contributed by atoms with Crippen molar-refractivity contribution in [3.63, 3.8) is 0 Å². The van der Waals surface area contributed by atoms with E-state index in [1.807, 2.05) is 30.3 Å². The lowest BCUT2D eigenvalue weighted by molar-refractivity contribution is 0.0719. The van der Waals surface area contributed by atoms with Crippen LogP contribution in [-0.2, 0) is 6.42 Å². The molecule has 23 heavy (non-hydrogen) atoms. The largest absolute Gasteiger partial charge is 0.497 e. The monoisotopic (exact) mass is 317 g/mol. The highest BCUT2D eigenvalue weighted by molar-refractivity contribution is 5.94. The minimum Gasteiger partial charge on any atom is -0.497 e. The second-order valence-electron chi connectivity index (χ2n) is 5.10. The van der Waals surface area contributed by atoms with E-state index in [0.717, 1.165) is 5.56 Å². The van der Waals surface area contributed by atoms with Crippen LogP contribution in [0.1, 0.15) is 15.9 Å². The number of carbonyl (C=O) groups is 1. The standard InChI is InChI=1S/C18H20FNO3/c1-23-15-7-8-16(17(19)13-15)18(22)20(11-12-21)10-9-14-5-3-2-4-6-14/h2-8,13,21H,9-12H2,1H3. The van der Waals surface area contributed by atoms with Gasteiger partial charge in [-0.25, -0.2) is 4.39 Å². The Morgan fingerprint density at radius 2 is 1.91 bits per heavy atom. The van der Waals surface area contributed by atoms with Crippen LogP contribution in [0.25, 0.3) is 0 Å². The molecule has 0 saturated heterocycles. The molecule has 2 aromatic rings. The van der Waals surface area contributed by atoms with Crippen molar-refractivity contribution in [1.29, 1.82) is 0 Å². The van der Waals surface area contributed by atoms with Gasteiger partial charge in [-0.05, 0) is 24.1 Å². The summed E-state index contributed by atoms with van der Waals surface area (Å²) < 4.78 is 19.0. The van der Waals surface area contributed by atoms with Gasteiger partial charge in [0, 0.05) is 19.2 Å². The van der Waals surface area contributed by atoms with Crippen LogP contribution in [0.15, 0.2) is 48.5 Å². The van der Waals surface area contributed by atoms with Gasteiger partial charge in [0.05, 0.1) is 19.3 Å². The first-order valence-corrected chi connectivity index (χ1v) is 7.43. The fraction of sp³-hybridized carbons (Fsp3) is 0.278. The van der Waals surface area contributed by atoms with Crippen LogP contribution in [0.4, 0.5) is 4.39 Å². The van der Waals surface area contributed by atoms with Crippen LogP contribution in [0.3, 0.4) is 0 Å². The zero-order valence-electron chi connectivity index (χ0n) is 13.0. The fourth-order valence-corrected chi connectivity index (χ4v) is 2.31. The van der Waals surface area contributed by atoms with E-state index in [1.54, 1.807) is 6.07 Å². The summed E-state index contributed by atoms with van der Waals surface area (Å²) in [6.45, 7) is 0.407. The highest BCUT2D eigenvalue weighted by Crippen LogP contribution is 2.18. The van der Waals surface area contributed by atoms with E-state index in [2.05, 4.69) is 0 Å². The lowest BCUT2D eigenvalue weighted by Gasteiger charge is -2.22. The number of ether oxygens (including phenoxy) is 1. The molecule has 0 aliphatic carbocycles. The van der Waals surface area contributed by atoms with Crippen LogP contribution in [0, 0.1) is 5.82 Å². The summed E-state index contributed by atoms with van der Waals surface area (Å²) in [7, 11) is 1.44. The third-order valence-electron chi connectivity index (χ3n) is 3.58. The van der Waals surface area contributed by atoms with Gasteiger partial charge in [0.25, 0.3) is 5.91 Å². The van der Waals surface area contributed by atoms with Crippen molar-refractivity contribution in [1.82, 2.24) is 4.90 Å². The predicted octanol–water partition coefficient (Wildman–Crippen LogP) is 2.51. The Labute approximate surface area is 135 Å². The molecular formula is C18H20FNO3. The molecule has 2 rings (SSSR count). The molecule has 1 N–H and O–H groups in total. The number of methoxy groups -OCH3 is 1. The molecule has 0 saturated carbocycles. The van der Waals surface area contributed by atoms with E-state index < -0.39 is 11.7 Å². The molecule has 0 atom stereocenters. The van der Waals surface area contributed by atoms with E-state index in [-0.39, 0.29) is 18.7 Å². The second-order valence-corrected chi connectivity index (χ2v) is 5.10. The molecule has 4 nitrogen and oxygen atoms in total. The molecule has 122 valence electrons. The molecule has 0 unspecified atom stereocenters. The summed E-state index contributed by atoms with van der Waals surface area (Å²) in [4.78, 5) is 14.0. The van der Waals surface area contributed by atoms with Crippen LogP contribution in [0.2, 0.25) is 0 Å². The summed E-state index contributed by atoms with van der Waals surface area (Å²) in [6.07, 6.45) is 0.643. The lowest BCUT2D eigenvalue weighted by Crippen LogP contribution is -2.35. The Bertz CT molecular complexity index is 646. The molecule has 0 bridgehead atoms. The Hall–Kier alpha value is -2.40. The van der Waals surface area contributed by atoms with Gasteiger partial charge in [0.15, 0.2) is 0 Å². The zero-order valence-corrected chi connectivity index (χ0v) is 13.0. The average molecular weight is 317 g/mol. The smallest absolute Gasteiger partial charge is 0.256 e. The number of aliphatic hydroxyl groups excluding tert-OH is 1. The number of carbonyl (C=O) groups excluding carboxylic acids is 1. The first-order valence-electron chi connectivity index (χ1n) is 7.43. The normalized spacial score (nSPS) is 10.4. The van der Waals surface area contributed by atoms with E-state index in [1.165, 1.54) is 24.1 Å². The van der Waals surface area contributed by atoms with Gasteiger partial charge in [-0.1, -0.05) is 30.3 Å². The average Bonchev–Trinajstić information content (AvgIpc) is 2.58. The summed E-state index contributed by atoms with van der Waals surface area (Å²) in [5.74, 6) is -0.704. The third kappa shape index (κ3) is 4.53. The fourth-order valence-electron chi connectivity index (χ4n) is 2.31. The summed E-state index contributed by atoms with van der Waals surface area (Å²) in [6, 6.07) is 13.8. The van der Waals surface area contributed by atoms with Gasteiger partial charge in [0.1, 0.15) is 11.6 Å². The van der Waals surface area contributed by atoms with Crippen molar-refractivity contribution in [2.24, 2.45) is 0 Å². The highest BCUT2D eigenvalue weighted by atomic mass is 19.1. The van der Waals surface area contributed by atoms with Crippen molar-refractivity contribution in [2.75, 3.05) is 26.8 Å². The molecule has 0 aliphatic rings. The molecule has 2 aromatic carbocycles. The summed E-state index contributed by atoms with van der Waals surface area (Å²) >= 11 is 0. The maximum Gasteiger partial charge on any atom is 0.256 e. The van der Waals surface area contributed by atoms with Crippen molar-refractivity contribution >= 4 is 5.91 Å². The maximum absolute atomic E-state index is 14.1. The molecule has 0 aromatic heterocycles. The van der Waals surface area contributed by atoms with Crippen LogP contribution < -0.4 is 4.74 Å². The second kappa shape index (κ2) is 8.29. The van der Waals surface area contributed by atoms with Crippen LogP contribution in [-0.4, -0.2) is 42.7 Å². The van der Waals surface area contributed by atoms with Crippen molar-refractivity contribution in [2.45, 2.75) is 6.42 Å². The van der Waals surface area contributed by atoms with E-state index in [4.69, 9.17) is 4.74 Å². The first-order chi connectivity index (χ1) is 11.2. The first kappa shape index (κ1) is 17.0. The molecule has 5 heteroatoms. The Kier molecular flexibility index (Phi) is 6.11. The van der Waals surface area contributed by atoms with Crippen LogP contribution in [0.5, 0.6) is 5.75 Å². The highest BCUT2D eigenvalue weighted by Gasteiger charge is 2.19. The summed E-state index contributed by atoms with van der Waals surface area (Å²) in [5, 5.41) is 9.17. The predicted molar refractivity (Wildman–Crippen MR) is 86.1 cm³/mol. The zero-order chi connectivity index (χ0) is 16.7. The van der Waals surface area contributed by atoms with Gasteiger partial charge in [-0.3, -0.25) is 4.79 Å². The Morgan fingerprint density at radius 1 is 1.17 bits per heavy atom. The van der Waals surface area contributed by atoms with E-state index in [9.17, 15) is 14.3 Å². The van der Waals surface area contributed by atoms with Crippen LogP contribution >= 0.6 is 0 Å². The number of benzene rings is 2. The Morgan fingerprint density at radius 3 is 2.52 bits per heavy atom. The number of halogens is 1. The van der Waals surface area contributed by atoms with E-state index >= 15 is 0 Å². The molecule has 0 radical (unpaired) electrons. The Balaban J connectivity index is 2.11. The molecule has 0 spiro atoms. The lowest BCUT2D eigenvalue weighted by atomic mass is 10.1. The van der Waals surface area contributed by atoms with Gasteiger partial charge in [-0.15, -0.1) is 0 Å². The number of rotatable bonds is 7. The molecule has 1 amide bonds. The van der Waals surface area contributed by atoms with Gasteiger partial charge >= 0.3 is 0 Å². The van der Waals surface area contributed by atoms with Gasteiger partial charge in [-0.2, -0.15) is 0 Å². The number of amides is 1. The van der Waals surface area contributed by atoms with E-state index in [0.29, 0.717) is 18.7 Å². The SMILES string of the molecule is COc1ccc(C(=O)N(CCO)CCc2ccccc2)c(F)c1. The topological polar surface area (TPSA) is 49.8 Å². The number of hydrogen-bond acceptors (Lipinski definition) is 3. The van der Waals surface area contributed by atoms with Crippen molar-refractivity contribution < 1.29 is 19.0 Å². The quantitative estimate of drug-likeness (QED) is 0.853. The minimum atomic E-state index is -0.628. The molecular weight excluding hydrogens is 297 g/mol. The van der Waals surface area contributed by atoms with Crippen molar-refractivity contribution in [3.05, 3.63) is 65.5 Å². The minimum absolute atomic E-state index is 0.0210. The maximum atomic E-state index is 14.1. The molecule has 0 fully saturated rings. The number of aliphatic hydroxyl groups is 1. The molecule has 0 aliphatic heterocycles. The van der Waals surface area contributed by atoms with Gasteiger partial charge < -0.3 is 14.7 Å². The van der Waals surface area contributed by atoms with Gasteiger partial charge in [0.2, 0.25) is 0 Å². The third-order valence-corrected chi connectivity index (χ3v) is 3.58. The number of nitrogens with zero attached hydrogens (tertiary/aromatic N) is 1. The molecule has 0 heterocycles. The number of hydrogen-bond donors (Lipinski definition) is 1.